The summed E-state index contributed by atoms with van der Waals surface area (Å²) in [6.07, 6.45) is 2.19. The highest BCUT2D eigenvalue weighted by Crippen LogP contribution is 2.32. The average Bonchev–Trinajstić information content (AvgIpc) is 2.57. The Morgan fingerprint density at radius 2 is 1.96 bits per heavy atom. The maximum atomic E-state index is 12.4. The molecule has 0 saturated heterocycles. The molecule has 0 N–H and O–H groups in total. The second-order valence-electron chi connectivity index (χ2n) is 5.63. The Bertz CT molecular complexity index is 777. The molecule has 4 heteroatoms. The number of benzene rings is 2. The predicted octanol–water partition coefficient (Wildman–Crippen LogP) is 3.74. The molecule has 0 saturated carbocycles. The second-order valence-corrected chi connectivity index (χ2v) is 5.63. The molecule has 4 nitrogen and oxygen atoms in total. The molecule has 0 aliphatic heterocycles. The second kappa shape index (κ2) is 6.24. The quantitative estimate of drug-likeness (QED) is 0.640. The van der Waals surface area contributed by atoms with Gasteiger partial charge in [0.1, 0.15) is 11.5 Å². The Labute approximate surface area is 135 Å². The van der Waals surface area contributed by atoms with Crippen LogP contribution in [-0.2, 0) is 6.42 Å². The van der Waals surface area contributed by atoms with Gasteiger partial charge in [0.05, 0.1) is 18.2 Å². The first kappa shape index (κ1) is 15.3. The van der Waals surface area contributed by atoms with Crippen molar-refractivity contribution in [1.82, 2.24) is 0 Å². The molecular weight excluding hydrogens is 292 g/mol. The van der Waals surface area contributed by atoms with Crippen molar-refractivity contribution < 1.29 is 19.1 Å². The molecule has 23 heavy (non-hydrogen) atoms. The topological polar surface area (TPSA) is 52.6 Å². The maximum absolute atomic E-state index is 12.4. The molecule has 118 valence electrons. The van der Waals surface area contributed by atoms with Crippen LogP contribution in [0.2, 0.25) is 0 Å². The number of carbonyl (C=O) groups excluding carboxylic acids is 2. The van der Waals surface area contributed by atoms with E-state index in [1.54, 1.807) is 37.4 Å². The summed E-state index contributed by atoms with van der Waals surface area (Å²) in [6, 6.07) is 10.4. The van der Waals surface area contributed by atoms with E-state index in [4.69, 9.17) is 9.47 Å². The summed E-state index contributed by atoms with van der Waals surface area (Å²) in [4.78, 5) is 24.6. The van der Waals surface area contributed by atoms with Gasteiger partial charge in [0.25, 0.3) is 0 Å². The standard InChI is InChI=1S/C19H18O4/c1-12-9-10-17(18-15(12)7-4-8-16(18)20)23-19(21)13-5-3-6-14(11-13)22-2/h3,5-6,9-11H,4,7-8H2,1-2H3. The normalized spacial score (nSPS) is 13.4. The van der Waals surface area contributed by atoms with Crippen molar-refractivity contribution >= 4 is 11.8 Å². The lowest BCUT2D eigenvalue weighted by atomic mass is 9.87. The minimum Gasteiger partial charge on any atom is -0.497 e. The van der Waals surface area contributed by atoms with Crippen LogP contribution in [0.25, 0.3) is 0 Å². The van der Waals surface area contributed by atoms with Crippen LogP contribution in [0.4, 0.5) is 0 Å². The average molecular weight is 310 g/mol. The molecule has 0 atom stereocenters. The van der Waals surface area contributed by atoms with Gasteiger partial charge in [-0.05, 0) is 55.2 Å². The Balaban J connectivity index is 1.94. The van der Waals surface area contributed by atoms with Crippen molar-refractivity contribution in [2.75, 3.05) is 7.11 Å². The Kier molecular flexibility index (Phi) is 4.15. The van der Waals surface area contributed by atoms with Crippen LogP contribution in [0.15, 0.2) is 36.4 Å². The number of Topliss-reactive ketones (excluding diaryl/α,β-unsaturated/α-hetero) is 1. The van der Waals surface area contributed by atoms with Crippen molar-refractivity contribution in [3.8, 4) is 11.5 Å². The highest BCUT2D eigenvalue weighted by atomic mass is 16.5. The highest BCUT2D eigenvalue weighted by Gasteiger charge is 2.24. The summed E-state index contributed by atoms with van der Waals surface area (Å²) in [5.74, 6) is 0.487. The molecule has 0 radical (unpaired) electrons. The fourth-order valence-corrected chi connectivity index (χ4v) is 2.90. The summed E-state index contributed by atoms with van der Waals surface area (Å²) in [6.45, 7) is 1.98. The summed E-state index contributed by atoms with van der Waals surface area (Å²) in [5, 5.41) is 0. The maximum Gasteiger partial charge on any atom is 0.343 e. The minimum atomic E-state index is -0.492. The van der Waals surface area contributed by atoms with Gasteiger partial charge >= 0.3 is 5.97 Å². The lowest BCUT2D eigenvalue weighted by molar-refractivity contribution is 0.0731. The molecule has 0 amide bonds. The summed E-state index contributed by atoms with van der Waals surface area (Å²) in [5.41, 5.74) is 3.01. The SMILES string of the molecule is COc1cccc(C(=O)Oc2ccc(C)c3c2C(=O)CCC3)c1. The molecule has 0 unspecified atom stereocenters. The molecule has 1 aliphatic carbocycles. The van der Waals surface area contributed by atoms with Gasteiger partial charge in [0.2, 0.25) is 0 Å². The molecule has 3 rings (SSSR count). The lowest BCUT2D eigenvalue weighted by Gasteiger charge is -2.20. The van der Waals surface area contributed by atoms with Crippen LogP contribution >= 0.6 is 0 Å². The van der Waals surface area contributed by atoms with E-state index >= 15 is 0 Å². The smallest absolute Gasteiger partial charge is 0.343 e. The molecule has 2 aromatic rings. The van der Waals surface area contributed by atoms with E-state index in [0.29, 0.717) is 29.0 Å². The molecular formula is C19H18O4. The first-order chi connectivity index (χ1) is 11.1. The Morgan fingerprint density at radius 1 is 1.13 bits per heavy atom. The largest absolute Gasteiger partial charge is 0.497 e. The van der Waals surface area contributed by atoms with Crippen molar-refractivity contribution in [3.63, 3.8) is 0 Å². The van der Waals surface area contributed by atoms with E-state index in [-0.39, 0.29) is 5.78 Å². The number of ether oxygens (including phenoxy) is 2. The van der Waals surface area contributed by atoms with Gasteiger partial charge < -0.3 is 9.47 Å². The van der Waals surface area contributed by atoms with E-state index in [0.717, 1.165) is 24.0 Å². The van der Waals surface area contributed by atoms with Crippen LogP contribution < -0.4 is 9.47 Å². The first-order valence-electron chi connectivity index (χ1n) is 7.62. The molecule has 0 aromatic heterocycles. The number of carbonyl (C=O) groups is 2. The Hall–Kier alpha value is -2.62. The van der Waals surface area contributed by atoms with E-state index in [1.165, 1.54) is 0 Å². The molecule has 0 bridgehead atoms. The first-order valence-corrected chi connectivity index (χ1v) is 7.62. The van der Waals surface area contributed by atoms with Gasteiger partial charge in [-0.3, -0.25) is 4.79 Å². The van der Waals surface area contributed by atoms with Crippen LogP contribution in [0, 0.1) is 6.92 Å². The van der Waals surface area contributed by atoms with E-state index in [1.807, 2.05) is 13.0 Å². The van der Waals surface area contributed by atoms with Gasteiger partial charge in [0, 0.05) is 6.42 Å². The van der Waals surface area contributed by atoms with Crippen LogP contribution in [0.5, 0.6) is 11.5 Å². The number of rotatable bonds is 3. The van der Waals surface area contributed by atoms with E-state index in [9.17, 15) is 9.59 Å². The molecule has 1 aliphatic rings. The Morgan fingerprint density at radius 3 is 2.74 bits per heavy atom. The van der Waals surface area contributed by atoms with Crippen LogP contribution in [-0.4, -0.2) is 18.9 Å². The lowest BCUT2D eigenvalue weighted by Crippen LogP contribution is -2.17. The van der Waals surface area contributed by atoms with Gasteiger partial charge in [-0.2, -0.15) is 0 Å². The molecule has 0 spiro atoms. The van der Waals surface area contributed by atoms with Gasteiger partial charge in [-0.1, -0.05) is 12.1 Å². The van der Waals surface area contributed by atoms with Crippen molar-refractivity contribution in [1.29, 1.82) is 0 Å². The number of esters is 1. The molecule has 2 aromatic carbocycles. The number of hydrogen-bond donors (Lipinski definition) is 0. The zero-order chi connectivity index (χ0) is 16.4. The number of fused-ring (bicyclic) bond motifs is 1. The number of hydrogen-bond acceptors (Lipinski definition) is 4. The number of methoxy groups -OCH3 is 1. The zero-order valence-electron chi connectivity index (χ0n) is 13.2. The fraction of sp³-hybridized carbons (Fsp3) is 0.263. The van der Waals surface area contributed by atoms with E-state index in [2.05, 4.69) is 0 Å². The number of ketones is 1. The summed E-state index contributed by atoms with van der Waals surface area (Å²) in [7, 11) is 1.54. The monoisotopic (exact) mass is 310 g/mol. The van der Waals surface area contributed by atoms with Gasteiger partial charge in [0.15, 0.2) is 5.78 Å². The molecule has 0 fully saturated rings. The van der Waals surface area contributed by atoms with Gasteiger partial charge in [-0.25, -0.2) is 4.79 Å². The third-order valence-electron chi connectivity index (χ3n) is 4.13. The number of aryl methyl sites for hydroxylation is 1. The van der Waals surface area contributed by atoms with Crippen LogP contribution in [0.3, 0.4) is 0 Å². The minimum absolute atomic E-state index is 0.0448. The van der Waals surface area contributed by atoms with E-state index < -0.39 is 5.97 Å². The van der Waals surface area contributed by atoms with Crippen molar-refractivity contribution in [2.24, 2.45) is 0 Å². The fourth-order valence-electron chi connectivity index (χ4n) is 2.90. The third-order valence-corrected chi connectivity index (χ3v) is 4.13. The van der Waals surface area contributed by atoms with Gasteiger partial charge in [-0.15, -0.1) is 0 Å². The summed E-state index contributed by atoms with van der Waals surface area (Å²) < 4.78 is 10.6. The van der Waals surface area contributed by atoms with Crippen LogP contribution in [0.1, 0.15) is 44.7 Å². The predicted molar refractivity (Wildman–Crippen MR) is 86.4 cm³/mol. The van der Waals surface area contributed by atoms with Crippen molar-refractivity contribution in [3.05, 3.63) is 58.7 Å². The summed E-state index contributed by atoms with van der Waals surface area (Å²) >= 11 is 0. The zero-order valence-corrected chi connectivity index (χ0v) is 13.2. The van der Waals surface area contributed by atoms with Crippen molar-refractivity contribution in [2.45, 2.75) is 26.2 Å². The highest BCUT2D eigenvalue weighted by molar-refractivity contribution is 6.02. The third kappa shape index (κ3) is 2.97. The molecule has 0 heterocycles.